The van der Waals surface area contributed by atoms with Crippen molar-refractivity contribution in [1.82, 2.24) is 4.98 Å². The number of anilines is 1. The van der Waals surface area contributed by atoms with E-state index in [4.69, 9.17) is 16.3 Å². The Bertz CT molecular complexity index is 610. The number of carbonyl (C=O) groups is 1. The van der Waals surface area contributed by atoms with E-state index in [1.165, 1.54) is 11.3 Å². The molecule has 0 aliphatic heterocycles. The number of aromatic nitrogens is 1. The number of thiazole rings is 1. The van der Waals surface area contributed by atoms with Gasteiger partial charge < -0.3 is 4.74 Å². The minimum Gasteiger partial charge on any atom is -0.461 e. The van der Waals surface area contributed by atoms with Crippen LogP contribution >= 0.6 is 22.9 Å². The molecule has 0 saturated carbocycles. The minimum atomic E-state index is -0.432. The van der Waals surface area contributed by atoms with Crippen LogP contribution in [0.5, 0.6) is 0 Å². The van der Waals surface area contributed by atoms with Gasteiger partial charge in [0, 0.05) is 10.4 Å². The van der Waals surface area contributed by atoms with E-state index in [1.807, 2.05) is 12.1 Å². The molecular formula is C13H12ClN3O2S. The van der Waals surface area contributed by atoms with Gasteiger partial charge in [-0.15, -0.1) is 11.3 Å². The van der Waals surface area contributed by atoms with Gasteiger partial charge in [-0.1, -0.05) is 23.7 Å². The summed E-state index contributed by atoms with van der Waals surface area (Å²) in [7, 11) is 0. The zero-order valence-electron chi connectivity index (χ0n) is 10.7. The molecule has 1 heterocycles. The lowest BCUT2D eigenvalue weighted by atomic mass is 10.2. The lowest BCUT2D eigenvalue weighted by molar-refractivity contribution is 0.0520. The molecule has 0 spiro atoms. The van der Waals surface area contributed by atoms with Crippen molar-refractivity contribution >= 4 is 40.3 Å². The highest BCUT2D eigenvalue weighted by Crippen LogP contribution is 2.16. The van der Waals surface area contributed by atoms with Crippen molar-refractivity contribution in [3.05, 3.63) is 45.9 Å². The maximum Gasteiger partial charge on any atom is 0.357 e. The van der Waals surface area contributed by atoms with E-state index < -0.39 is 5.97 Å². The van der Waals surface area contributed by atoms with Gasteiger partial charge in [-0.25, -0.2) is 9.78 Å². The Hall–Kier alpha value is -1.92. The van der Waals surface area contributed by atoms with Crippen LogP contribution in [0.4, 0.5) is 5.13 Å². The summed E-state index contributed by atoms with van der Waals surface area (Å²) in [5.74, 6) is -0.432. The van der Waals surface area contributed by atoms with Crippen molar-refractivity contribution < 1.29 is 9.53 Å². The lowest BCUT2D eigenvalue weighted by Crippen LogP contribution is -2.04. The molecule has 2 aromatic rings. The second-order valence-corrected chi connectivity index (χ2v) is 4.97. The molecule has 1 aromatic carbocycles. The van der Waals surface area contributed by atoms with E-state index in [1.54, 1.807) is 30.7 Å². The first-order valence-electron chi connectivity index (χ1n) is 5.86. The normalized spacial score (nSPS) is 10.7. The second-order valence-electron chi connectivity index (χ2n) is 3.68. The maximum atomic E-state index is 11.4. The van der Waals surface area contributed by atoms with Gasteiger partial charge in [0.25, 0.3) is 0 Å². The zero-order chi connectivity index (χ0) is 14.4. The molecule has 0 atom stereocenters. The summed E-state index contributed by atoms with van der Waals surface area (Å²) in [4.78, 5) is 15.5. The Labute approximate surface area is 125 Å². The van der Waals surface area contributed by atoms with E-state index in [2.05, 4.69) is 15.5 Å². The predicted octanol–water partition coefficient (Wildman–Crippen LogP) is 3.42. The first kappa shape index (κ1) is 14.5. The molecule has 5 nitrogen and oxygen atoms in total. The molecule has 0 radical (unpaired) electrons. The lowest BCUT2D eigenvalue weighted by Gasteiger charge is -1.96. The van der Waals surface area contributed by atoms with Crippen LogP contribution in [0, 0.1) is 0 Å². The third-order valence-corrected chi connectivity index (χ3v) is 3.23. The number of hydrogen-bond acceptors (Lipinski definition) is 6. The van der Waals surface area contributed by atoms with E-state index >= 15 is 0 Å². The van der Waals surface area contributed by atoms with Crippen molar-refractivity contribution in [2.45, 2.75) is 6.92 Å². The monoisotopic (exact) mass is 309 g/mol. The Kier molecular flexibility index (Phi) is 5.09. The van der Waals surface area contributed by atoms with Crippen LogP contribution in [0.1, 0.15) is 23.0 Å². The number of benzene rings is 1. The zero-order valence-corrected chi connectivity index (χ0v) is 12.2. The molecule has 104 valence electrons. The molecule has 0 aliphatic rings. The molecule has 0 fully saturated rings. The highest BCUT2D eigenvalue weighted by molar-refractivity contribution is 7.13. The minimum absolute atomic E-state index is 0.279. The largest absolute Gasteiger partial charge is 0.461 e. The van der Waals surface area contributed by atoms with Crippen LogP contribution in [0.2, 0.25) is 5.02 Å². The fourth-order valence-corrected chi connectivity index (χ4v) is 2.09. The summed E-state index contributed by atoms with van der Waals surface area (Å²) in [6.45, 7) is 2.08. The Morgan fingerprint density at radius 2 is 2.25 bits per heavy atom. The molecule has 1 N–H and O–H groups in total. The number of halogens is 1. The van der Waals surface area contributed by atoms with Gasteiger partial charge in [-0.3, -0.25) is 5.43 Å². The number of nitrogens with zero attached hydrogens (tertiary/aromatic N) is 2. The summed E-state index contributed by atoms with van der Waals surface area (Å²) in [5, 5.41) is 6.86. The molecule has 0 aliphatic carbocycles. The summed E-state index contributed by atoms with van der Waals surface area (Å²) >= 11 is 7.07. The fourth-order valence-electron chi connectivity index (χ4n) is 1.33. The Morgan fingerprint density at radius 1 is 1.50 bits per heavy atom. The summed E-state index contributed by atoms with van der Waals surface area (Å²) in [5.41, 5.74) is 3.95. The van der Waals surface area contributed by atoms with Crippen LogP contribution in [0.25, 0.3) is 0 Å². The number of hydrazone groups is 1. The number of esters is 1. The van der Waals surface area contributed by atoms with Crippen LogP contribution < -0.4 is 5.43 Å². The first-order valence-corrected chi connectivity index (χ1v) is 7.12. The molecule has 0 amide bonds. The average molecular weight is 310 g/mol. The third kappa shape index (κ3) is 4.04. The quantitative estimate of drug-likeness (QED) is 0.522. The maximum absolute atomic E-state index is 11.4. The average Bonchev–Trinajstić information content (AvgIpc) is 2.90. The van der Waals surface area contributed by atoms with Gasteiger partial charge in [0.05, 0.1) is 12.8 Å². The van der Waals surface area contributed by atoms with Crippen molar-refractivity contribution in [2.24, 2.45) is 5.10 Å². The summed E-state index contributed by atoms with van der Waals surface area (Å²) < 4.78 is 4.85. The van der Waals surface area contributed by atoms with Crippen LogP contribution in [0.3, 0.4) is 0 Å². The fraction of sp³-hybridized carbons (Fsp3) is 0.154. The number of hydrogen-bond donors (Lipinski definition) is 1. The van der Waals surface area contributed by atoms with E-state index in [0.29, 0.717) is 16.8 Å². The van der Waals surface area contributed by atoms with Gasteiger partial charge in [0.2, 0.25) is 5.13 Å². The molecule has 20 heavy (non-hydrogen) atoms. The smallest absolute Gasteiger partial charge is 0.357 e. The standard InChI is InChI=1S/C13H12ClN3O2S/c1-2-19-12(18)11-8-20-13(16-11)17-15-7-9-3-5-10(14)6-4-9/h3-8H,2H2,1H3,(H,16,17). The second kappa shape index (κ2) is 7.02. The van der Waals surface area contributed by atoms with Gasteiger partial charge in [0.15, 0.2) is 5.69 Å². The number of ether oxygens (including phenoxy) is 1. The highest BCUT2D eigenvalue weighted by Gasteiger charge is 2.10. The molecule has 7 heteroatoms. The number of rotatable bonds is 5. The third-order valence-electron chi connectivity index (χ3n) is 2.23. The van der Waals surface area contributed by atoms with Crippen LogP contribution in [-0.4, -0.2) is 23.8 Å². The molecular weight excluding hydrogens is 298 g/mol. The predicted molar refractivity (Wildman–Crippen MR) is 80.7 cm³/mol. The molecule has 0 saturated heterocycles. The van der Waals surface area contributed by atoms with E-state index in [-0.39, 0.29) is 5.69 Å². The molecule has 1 aromatic heterocycles. The number of carbonyl (C=O) groups excluding carboxylic acids is 1. The van der Waals surface area contributed by atoms with Gasteiger partial charge in [0.1, 0.15) is 0 Å². The van der Waals surface area contributed by atoms with E-state index in [0.717, 1.165) is 5.56 Å². The molecule has 0 bridgehead atoms. The van der Waals surface area contributed by atoms with Crippen molar-refractivity contribution in [1.29, 1.82) is 0 Å². The van der Waals surface area contributed by atoms with Crippen molar-refractivity contribution in [2.75, 3.05) is 12.0 Å². The summed E-state index contributed by atoms with van der Waals surface area (Å²) in [6, 6.07) is 7.26. The molecule has 2 rings (SSSR count). The van der Waals surface area contributed by atoms with Crippen molar-refractivity contribution in [3.8, 4) is 0 Å². The van der Waals surface area contributed by atoms with Gasteiger partial charge in [-0.05, 0) is 24.6 Å². The first-order chi connectivity index (χ1) is 9.69. The Balaban J connectivity index is 1.94. The van der Waals surface area contributed by atoms with Gasteiger partial charge in [-0.2, -0.15) is 5.10 Å². The topological polar surface area (TPSA) is 63.6 Å². The molecule has 0 unspecified atom stereocenters. The Morgan fingerprint density at radius 3 is 2.95 bits per heavy atom. The van der Waals surface area contributed by atoms with E-state index in [9.17, 15) is 4.79 Å². The summed E-state index contributed by atoms with van der Waals surface area (Å²) in [6.07, 6.45) is 1.64. The SMILES string of the molecule is CCOC(=O)c1csc(NN=Cc2ccc(Cl)cc2)n1. The number of nitrogens with one attached hydrogen (secondary N) is 1. The van der Waals surface area contributed by atoms with Crippen molar-refractivity contribution in [3.63, 3.8) is 0 Å². The van der Waals surface area contributed by atoms with Gasteiger partial charge >= 0.3 is 5.97 Å². The highest BCUT2D eigenvalue weighted by atomic mass is 35.5. The van der Waals surface area contributed by atoms with Crippen LogP contribution in [0.15, 0.2) is 34.7 Å². The van der Waals surface area contributed by atoms with Crippen LogP contribution in [-0.2, 0) is 4.74 Å².